The second kappa shape index (κ2) is 4.75. The van der Waals surface area contributed by atoms with Crippen LogP contribution in [0, 0.1) is 5.82 Å². The quantitative estimate of drug-likeness (QED) is 0.705. The molecule has 1 saturated heterocycles. The summed E-state index contributed by atoms with van der Waals surface area (Å²) in [4.78, 5) is 8.97. The Kier molecular flexibility index (Phi) is 3.46. The molecule has 3 N–H and O–H groups in total. The Bertz CT molecular complexity index is 521. The maximum absolute atomic E-state index is 12.7. The second-order valence-corrected chi connectivity index (χ2v) is 6.05. The van der Waals surface area contributed by atoms with Crippen molar-refractivity contribution in [3.63, 3.8) is 0 Å². The monoisotopic (exact) mass is 276 g/mol. The van der Waals surface area contributed by atoms with Gasteiger partial charge in [0.05, 0.1) is 23.7 Å². The second-order valence-electron chi connectivity index (χ2n) is 4.21. The first-order valence-corrected chi connectivity index (χ1v) is 6.89. The molecule has 100 valence electrons. The van der Waals surface area contributed by atoms with Crippen molar-refractivity contribution >= 4 is 16.0 Å². The smallest absolute Gasteiger partial charge is 0.225 e. The van der Waals surface area contributed by atoms with Crippen LogP contribution in [0.3, 0.4) is 0 Å². The first-order valence-electron chi connectivity index (χ1n) is 5.28. The zero-order valence-electron chi connectivity index (χ0n) is 9.40. The zero-order chi connectivity index (χ0) is 13.3. The first-order chi connectivity index (χ1) is 8.36. The van der Waals surface area contributed by atoms with Gasteiger partial charge in [-0.3, -0.25) is 0 Å². The molecule has 1 aromatic rings. The number of nitrogens with two attached hydrogens (primary N) is 1. The number of anilines is 1. The third-order valence-electron chi connectivity index (χ3n) is 2.74. The minimum absolute atomic E-state index is 0.0799. The molecule has 1 aliphatic heterocycles. The Labute approximate surface area is 104 Å². The van der Waals surface area contributed by atoms with Crippen LogP contribution in [0.2, 0.25) is 0 Å². The van der Waals surface area contributed by atoms with E-state index in [2.05, 4.69) is 9.97 Å². The van der Waals surface area contributed by atoms with Gasteiger partial charge in [0.25, 0.3) is 0 Å². The molecule has 0 aliphatic carbocycles. The van der Waals surface area contributed by atoms with Gasteiger partial charge in [-0.1, -0.05) is 0 Å². The van der Waals surface area contributed by atoms with Crippen LogP contribution in [0.15, 0.2) is 12.4 Å². The van der Waals surface area contributed by atoms with Crippen molar-refractivity contribution in [2.45, 2.75) is 17.8 Å². The summed E-state index contributed by atoms with van der Waals surface area (Å²) < 4.78 is 35.3. The molecule has 0 spiro atoms. The Morgan fingerprint density at radius 1 is 1.39 bits per heavy atom. The highest BCUT2D eigenvalue weighted by Crippen LogP contribution is 2.19. The van der Waals surface area contributed by atoms with E-state index >= 15 is 0 Å². The molecule has 1 aliphatic rings. The van der Waals surface area contributed by atoms with Crippen molar-refractivity contribution in [3.05, 3.63) is 18.2 Å². The minimum Gasteiger partial charge on any atom is -0.391 e. The van der Waals surface area contributed by atoms with Gasteiger partial charge >= 0.3 is 0 Å². The van der Waals surface area contributed by atoms with Crippen LogP contribution in [0.5, 0.6) is 0 Å². The van der Waals surface area contributed by atoms with Crippen molar-refractivity contribution in [1.29, 1.82) is 0 Å². The number of primary sulfonamides is 1. The number of nitrogens with zero attached hydrogens (tertiary/aromatic N) is 3. The minimum atomic E-state index is -3.74. The normalized spacial score (nSPS) is 25.2. The number of rotatable bonds is 2. The Balaban J connectivity index is 2.21. The lowest BCUT2D eigenvalue weighted by atomic mass is 10.1. The van der Waals surface area contributed by atoms with Gasteiger partial charge in [-0.25, -0.2) is 27.9 Å². The fraction of sp³-hybridized carbons (Fsp3) is 0.556. The van der Waals surface area contributed by atoms with E-state index in [0.717, 1.165) is 12.4 Å². The maximum Gasteiger partial charge on any atom is 0.225 e. The molecule has 0 amide bonds. The fourth-order valence-electron chi connectivity index (χ4n) is 1.90. The van der Waals surface area contributed by atoms with Crippen LogP contribution in [-0.4, -0.2) is 47.9 Å². The maximum atomic E-state index is 12.7. The molecule has 0 unspecified atom stereocenters. The Hall–Kier alpha value is -1.32. The van der Waals surface area contributed by atoms with Gasteiger partial charge in [-0.05, 0) is 6.42 Å². The topological polar surface area (TPSA) is 109 Å². The molecule has 2 atom stereocenters. The third kappa shape index (κ3) is 2.92. The van der Waals surface area contributed by atoms with Gasteiger partial charge in [0, 0.05) is 13.1 Å². The highest BCUT2D eigenvalue weighted by molar-refractivity contribution is 7.89. The fourth-order valence-corrected chi connectivity index (χ4v) is 2.78. The number of piperidine rings is 1. The van der Waals surface area contributed by atoms with Gasteiger partial charge < -0.3 is 10.0 Å². The van der Waals surface area contributed by atoms with Gasteiger partial charge in [-0.2, -0.15) is 0 Å². The lowest BCUT2D eigenvalue weighted by Gasteiger charge is -2.34. The Morgan fingerprint density at radius 3 is 2.56 bits per heavy atom. The summed E-state index contributed by atoms with van der Waals surface area (Å²) >= 11 is 0. The summed E-state index contributed by atoms with van der Waals surface area (Å²) in [6.45, 7) is 0.277. The summed E-state index contributed by atoms with van der Waals surface area (Å²) in [5, 5.41) is 13.8. The molecule has 0 bridgehead atoms. The van der Waals surface area contributed by atoms with E-state index in [-0.39, 0.29) is 25.5 Å². The molecule has 0 radical (unpaired) electrons. The summed E-state index contributed by atoms with van der Waals surface area (Å²) in [5.41, 5.74) is 0. The first kappa shape index (κ1) is 13.1. The molecule has 0 saturated carbocycles. The number of sulfonamides is 1. The average Bonchev–Trinajstić information content (AvgIpc) is 2.28. The number of hydrogen-bond donors (Lipinski definition) is 2. The summed E-state index contributed by atoms with van der Waals surface area (Å²) in [5.74, 6) is -0.414. The highest BCUT2D eigenvalue weighted by atomic mass is 32.2. The van der Waals surface area contributed by atoms with E-state index in [4.69, 9.17) is 5.14 Å². The average molecular weight is 276 g/mol. The van der Waals surface area contributed by atoms with Gasteiger partial charge in [0.15, 0.2) is 5.82 Å². The van der Waals surface area contributed by atoms with Crippen LogP contribution in [0.1, 0.15) is 6.42 Å². The van der Waals surface area contributed by atoms with Crippen LogP contribution in [-0.2, 0) is 10.0 Å². The van der Waals surface area contributed by atoms with E-state index in [9.17, 15) is 17.9 Å². The SMILES string of the molecule is NS(=O)(=O)[C@H]1C[C@H](O)CN(c2ncc(F)cn2)C1. The summed E-state index contributed by atoms with van der Waals surface area (Å²) in [6.07, 6.45) is 1.21. The number of aliphatic hydroxyl groups is 1. The van der Waals surface area contributed by atoms with Gasteiger partial charge in [-0.15, -0.1) is 0 Å². The Morgan fingerprint density at radius 2 is 2.00 bits per heavy atom. The predicted molar refractivity (Wildman–Crippen MR) is 61.7 cm³/mol. The highest BCUT2D eigenvalue weighted by Gasteiger charge is 2.33. The molecule has 18 heavy (non-hydrogen) atoms. The number of aliphatic hydroxyl groups excluding tert-OH is 1. The van der Waals surface area contributed by atoms with Crippen molar-refractivity contribution < 1.29 is 17.9 Å². The van der Waals surface area contributed by atoms with Crippen molar-refractivity contribution in [2.24, 2.45) is 5.14 Å². The van der Waals surface area contributed by atoms with Crippen LogP contribution < -0.4 is 10.0 Å². The number of β-amino-alcohol motifs (C(OH)–C–C–N with tert-alkyl or cyclic N) is 1. The molecule has 7 nitrogen and oxygen atoms in total. The molecule has 2 heterocycles. The molecular formula is C9H13FN4O3S. The van der Waals surface area contributed by atoms with E-state index < -0.39 is 27.2 Å². The lowest BCUT2D eigenvalue weighted by Crippen LogP contribution is -2.50. The molecule has 1 fully saturated rings. The summed E-state index contributed by atoms with van der Waals surface area (Å²) in [6, 6.07) is 0. The standard InChI is InChI=1S/C9H13FN4O3S/c10-6-2-12-9(13-3-6)14-4-7(15)1-8(5-14)18(11,16)17/h2-3,7-8,15H,1,4-5H2,(H2,11,16,17)/t7-,8-/m0/s1. The largest absolute Gasteiger partial charge is 0.391 e. The van der Waals surface area contributed by atoms with Gasteiger partial charge in [0.1, 0.15) is 0 Å². The molecular weight excluding hydrogens is 263 g/mol. The number of hydrogen-bond acceptors (Lipinski definition) is 6. The van der Waals surface area contributed by atoms with Crippen LogP contribution >= 0.6 is 0 Å². The lowest BCUT2D eigenvalue weighted by molar-refractivity contribution is 0.154. The zero-order valence-corrected chi connectivity index (χ0v) is 10.2. The summed E-state index contributed by atoms with van der Waals surface area (Å²) in [7, 11) is -3.74. The van der Waals surface area contributed by atoms with Gasteiger partial charge in [0.2, 0.25) is 16.0 Å². The van der Waals surface area contributed by atoms with Crippen LogP contribution in [0.25, 0.3) is 0 Å². The number of aromatic nitrogens is 2. The third-order valence-corrected chi connectivity index (χ3v) is 4.02. The van der Waals surface area contributed by atoms with E-state index in [1.807, 2.05) is 0 Å². The predicted octanol–water partition coefficient (Wildman–Crippen LogP) is -1.16. The van der Waals surface area contributed by atoms with Crippen molar-refractivity contribution in [3.8, 4) is 0 Å². The van der Waals surface area contributed by atoms with E-state index in [1.54, 1.807) is 0 Å². The van der Waals surface area contributed by atoms with Crippen molar-refractivity contribution in [2.75, 3.05) is 18.0 Å². The molecule has 2 rings (SSSR count). The number of halogens is 1. The molecule has 9 heteroatoms. The van der Waals surface area contributed by atoms with Crippen molar-refractivity contribution in [1.82, 2.24) is 9.97 Å². The molecule has 0 aromatic carbocycles. The van der Waals surface area contributed by atoms with Crippen LogP contribution in [0.4, 0.5) is 10.3 Å². The van der Waals surface area contributed by atoms with E-state index in [1.165, 1.54) is 4.90 Å². The van der Waals surface area contributed by atoms with E-state index in [0.29, 0.717) is 0 Å². The molecule has 1 aromatic heterocycles.